The summed E-state index contributed by atoms with van der Waals surface area (Å²) in [5, 5.41) is 6.85. The standard InChI is InChI=1S/C18H18ClN3O5S/c1-12-2-5-14(26-12)10-20-17(23)8-9-18-21-16(22-27-18)11-28(24,25)15-6-3-13(19)4-7-15/h2-7H,8-11H2,1H3,(H,20,23). The second kappa shape index (κ2) is 8.57. The number of rotatable bonds is 8. The number of furan rings is 1. The minimum Gasteiger partial charge on any atom is -0.465 e. The summed E-state index contributed by atoms with van der Waals surface area (Å²) < 4.78 is 35.2. The maximum Gasteiger partial charge on any atom is 0.227 e. The van der Waals surface area contributed by atoms with Gasteiger partial charge in [0.2, 0.25) is 11.8 Å². The molecule has 0 aliphatic rings. The summed E-state index contributed by atoms with van der Waals surface area (Å²) >= 11 is 5.77. The lowest BCUT2D eigenvalue weighted by molar-refractivity contribution is -0.121. The highest BCUT2D eigenvalue weighted by Crippen LogP contribution is 2.18. The molecule has 0 atom stereocenters. The van der Waals surface area contributed by atoms with Crippen LogP contribution in [0.5, 0.6) is 0 Å². The van der Waals surface area contributed by atoms with Crippen LogP contribution in [0.4, 0.5) is 0 Å². The molecule has 148 valence electrons. The van der Waals surface area contributed by atoms with Crippen LogP contribution in [-0.4, -0.2) is 24.5 Å². The Morgan fingerprint density at radius 1 is 1.18 bits per heavy atom. The van der Waals surface area contributed by atoms with E-state index in [4.69, 9.17) is 20.5 Å². The number of sulfone groups is 1. The lowest BCUT2D eigenvalue weighted by atomic mass is 10.3. The zero-order valence-electron chi connectivity index (χ0n) is 15.0. The highest BCUT2D eigenvalue weighted by molar-refractivity contribution is 7.90. The van der Waals surface area contributed by atoms with E-state index in [0.29, 0.717) is 17.3 Å². The molecule has 0 saturated heterocycles. The van der Waals surface area contributed by atoms with E-state index < -0.39 is 15.6 Å². The van der Waals surface area contributed by atoms with Crippen LogP contribution in [0.3, 0.4) is 0 Å². The fourth-order valence-corrected chi connectivity index (χ4v) is 3.72. The number of nitrogens with one attached hydrogen (secondary N) is 1. The van der Waals surface area contributed by atoms with Crippen molar-refractivity contribution in [2.75, 3.05) is 0 Å². The Hall–Kier alpha value is -2.65. The Bertz CT molecular complexity index is 1060. The first kappa shape index (κ1) is 20.1. The van der Waals surface area contributed by atoms with Crippen molar-refractivity contribution in [1.82, 2.24) is 15.5 Å². The van der Waals surface area contributed by atoms with E-state index in [9.17, 15) is 13.2 Å². The van der Waals surface area contributed by atoms with Gasteiger partial charge in [0.1, 0.15) is 17.3 Å². The van der Waals surface area contributed by atoms with Crippen LogP contribution >= 0.6 is 11.6 Å². The van der Waals surface area contributed by atoms with Crippen molar-refractivity contribution in [1.29, 1.82) is 0 Å². The van der Waals surface area contributed by atoms with E-state index in [1.165, 1.54) is 24.3 Å². The average Bonchev–Trinajstić information content (AvgIpc) is 3.27. The van der Waals surface area contributed by atoms with Crippen LogP contribution in [0, 0.1) is 6.92 Å². The van der Waals surface area contributed by atoms with Gasteiger partial charge < -0.3 is 14.3 Å². The molecule has 8 nitrogen and oxygen atoms in total. The van der Waals surface area contributed by atoms with E-state index in [1.807, 2.05) is 13.0 Å². The Balaban J connectivity index is 1.51. The number of aryl methyl sites for hydroxylation is 2. The second-order valence-corrected chi connectivity index (χ2v) is 8.53. The molecule has 1 N–H and O–H groups in total. The first-order valence-corrected chi connectivity index (χ1v) is 10.5. The van der Waals surface area contributed by atoms with Crippen molar-refractivity contribution in [2.24, 2.45) is 0 Å². The summed E-state index contributed by atoms with van der Waals surface area (Å²) in [5.41, 5.74) is 0. The molecule has 3 rings (SSSR count). The number of amides is 1. The van der Waals surface area contributed by atoms with Gasteiger partial charge >= 0.3 is 0 Å². The number of hydrogen-bond donors (Lipinski definition) is 1. The molecule has 1 amide bonds. The predicted molar refractivity (Wildman–Crippen MR) is 100 cm³/mol. The van der Waals surface area contributed by atoms with Crippen molar-refractivity contribution in [3.05, 3.63) is 64.7 Å². The van der Waals surface area contributed by atoms with Crippen LogP contribution < -0.4 is 5.32 Å². The number of nitrogens with zero attached hydrogens (tertiary/aromatic N) is 2. The SMILES string of the molecule is Cc1ccc(CNC(=O)CCc2nc(CS(=O)(=O)c3ccc(Cl)cc3)no2)o1. The predicted octanol–water partition coefficient (Wildman–Crippen LogP) is 2.85. The molecule has 0 unspecified atom stereocenters. The molecule has 2 heterocycles. The van der Waals surface area contributed by atoms with Gasteiger partial charge in [0.15, 0.2) is 15.7 Å². The number of carbonyl (C=O) groups excluding carboxylic acids is 1. The van der Waals surface area contributed by atoms with Gasteiger partial charge in [-0.25, -0.2) is 8.42 Å². The third-order valence-electron chi connectivity index (χ3n) is 3.82. The topological polar surface area (TPSA) is 115 Å². The molecule has 0 aliphatic carbocycles. The van der Waals surface area contributed by atoms with Gasteiger partial charge in [-0.3, -0.25) is 4.79 Å². The van der Waals surface area contributed by atoms with Crippen LogP contribution in [0.15, 0.2) is 50.2 Å². The summed E-state index contributed by atoms with van der Waals surface area (Å²) in [7, 11) is -3.62. The van der Waals surface area contributed by atoms with Gasteiger partial charge in [0.05, 0.1) is 11.4 Å². The van der Waals surface area contributed by atoms with Crippen LogP contribution in [0.25, 0.3) is 0 Å². The van der Waals surface area contributed by atoms with Crippen LogP contribution in [-0.2, 0) is 33.4 Å². The number of benzene rings is 1. The normalized spacial score (nSPS) is 11.5. The van der Waals surface area contributed by atoms with Crippen molar-refractivity contribution < 1.29 is 22.2 Å². The Morgan fingerprint density at radius 2 is 1.93 bits per heavy atom. The quantitative estimate of drug-likeness (QED) is 0.592. The summed E-state index contributed by atoms with van der Waals surface area (Å²) in [6, 6.07) is 9.45. The lowest BCUT2D eigenvalue weighted by Gasteiger charge is -2.01. The number of carbonyl (C=O) groups is 1. The molecule has 3 aromatic rings. The molecular weight excluding hydrogens is 406 g/mol. The highest BCUT2D eigenvalue weighted by Gasteiger charge is 2.19. The third-order valence-corrected chi connectivity index (χ3v) is 5.70. The van der Waals surface area contributed by atoms with Gasteiger partial charge in [-0.15, -0.1) is 0 Å². The first-order valence-electron chi connectivity index (χ1n) is 8.43. The van der Waals surface area contributed by atoms with E-state index in [1.54, 1.807) is 6.07 Å². The molecule has 0 spiro atoms. The van der Waals surface area contributed by atoms with E-state index in [2.05, 4.69) is 15.5 Å². The Morgan fingerprint density at radius 3 is 2.61 bits per heavy atom. The molecule has 28 heavy (non-hydrogen) atoms. The minimum absolute atomic E-state index is 0.0384. The summed E-state index contributed by atoms with van der Waals surface area (Å²) in [5.74, 6) is 1.07. The van der Waals surface area contributed by atoms with Crippen molar-refractivity contribution in [3.63, 3.8) is 0 Å². The smallest absolute Gasteiger partial charge is 0.227 e. The molecule has 0 saturated carbocycles. The molecule has 0 aliphatic heterocycles. The minimum atomic E-state index is -3.62. The van der Waals surface area contributed by atoms with Gasteiger partial charge in [-0.1, -0.05) is 16.8 Å². The average molecular weight is 424 g/mol. The van der Waals surface area contributed by atoms with Crippen molar-refractivity contribution in [3.8, 4) is 0 Å². The Labute approximate surface area is 166 Å². The molecule has 2 aromatic heterocycles. The van der Waals surface area contributed by atoms with Gasteiger partial charge in [0.25, 0.3) is 0 Å². The maximum absolute atomic E-state index is 12.4. The number of hydrogen-bond acceptors (Lipinski definition) is 7. The van der Waals surface area contributed by atoms with Gasteiger partial charge in [-0.2, -0.15) is 4.98 Å². The van der Waals surface area contributed by atoms with Crippen LogP contribution in [0.2, 0.25) is 5.02 Å². The molecule has 1 aromatic carbocycles. The van der Waals surface area contributed by atoms with Crippen LogP contribution in [0.1, 0.15) is 29.7 Å². The Kier molecular flexibility index (Phi) is 6.15. The van der Waals surface area contributed by atoms with Crippen molar-refractivity contribution >= 4 is 27.3 Å². The molecule has 0 radical (unpaired) electrons. The zero-order chi connectivity index (χ0) is 20.1. The third kappa shape index (κ3) is 5.43. The summed E-state index contributed by atoms with van der Waals surface area (Å²) in [6.45, 7) is 2.12. The lowest BCUT2D eigenvalue weighted by Crippen LogP contribution is -2.22. The monoisotopic (exact) mass is 423 g/mol. The summed E-state index contributed by atoms with van der Waals surface area (Å²) in [6.07, 6.45) is 0.336. The zero-order valence-corrected chi connectivity index (χ0v) is 16.6. The largest absolute Gasteiger partial charge is 0.465 e. The molecule has 0 bridgehead atoms. The van der Waals surface area contributed by atoms with Gasteiger partial charge in [0, 0.05) is 17.9 Å². The second-order valence-electron chi connectivity index (χ2n) is 6.11. The molecule has 0 fully saturated rings. The van der Waals surface area contributed by atoms with Gasteiger partial charge in [-0.05, 0) is 43.3 Å². The highest BCUT2D eigenvalue weighted by atomic mass is 35.5. The van der Waals surface area contributed by atoms with E-state index in [0.717, 1.165) is 5.76 Å². The van der Waals surface area contributed by atoms with E-state index in [-0.39, 0.29) is 35.4 Å². The first-order chi connectivity index (χ1) is 13.3. The maximum atomic E-state index is 12.4. The number of halogens is 1. The molecular formula is C18H18ClN3O5S. The fourth-order valence-electron chi connectivity index (χ4n) is 2.42. The molecule has 10 heteroatoms. The van der Waals surface area contributed by atoms with Crippen molar-refractivity contribution in [2.45, 2.75) is 37.0 Å². The van der Waals surface area contributed by atoms with E-state index >= 15 is 0 Å². The summed E-state index contributed by atoms with van der Waals surface area (Å²) in [4.78, 5) is 16.1. The number of aromatic nitrogens is 2. The fraction of sp³-hybridized carbons (Fsp3) is 0.278.